The van der Waals surface area contributed by atoms with Crippen molar-refractivity contribution in [2.24, 2.45) is 0 Å². The number of carbonyl (C=O) groups excluding carboxylic acids is 1. The van der Waals surface area contributed by atoms with Crippen molar-refractivity contribution >= 4 is 18.4 Å². The molecular weight excluding hydrogens is 239 g/mol. The zero-order valence-electron chi connectivity index (χ0n) is 10.6. The van der Waals surface area contributed by atoms with E-state index >= 15 is 0 Å². The molecule has 2 aromatic carbocycles. The van der Waals surface area contributed by atoms with E-state index < -0.39 is 7.12 Å². The molecule has 94 valence electrons. The Balaban J connectivity index is 2.05. The van der Waals surface area contributed by atoms with Gasteiger partial charge in [0.25, 0.3) is 0 Å². The van der Waals surface area contributed by atoms with E-state index in [1.54, 1.807) is 13.0 Å². The van der Waals surface area contributed by atoms with E-state index in [1.807, 2.05) is 36.4 Å². The number of fused-ring (bicyclic) bond motifs is 1. The number of benzene rings is 2. The molecule has 0 radical (unpaired) electrons. The van der Waals surface area contributed by atoms with Crippen molar-refractivity contribution in [1.82, 2.24) is 0 Å². The Morgan fingerprint density at radius 3 is 2.79 bits per heavy atom. The number of rotatable bonds is 2. The number of ketones is 1. The molecule has 0 aliphatic carbocycles. The summed E-state index contributed by atoms with van der Waals surface area (Å²) in [5, 5.41) is 9.72. The van der Waals surface area contributed by atoms with Crippen LogP contribution >= 0.6 is 0 Å². The van der Waals surface area contributed by atoms with Crippen LogP contribution in [0.2, 0.25) is 0 Å². The van der Waals surface area contributed by atoms with E-state index in [0.29, 0.717) is 12.2 Å². The number of carbonyl (C=O) groups is 1. The van der Waals surface area contributed by atoms with E-state index in [9.17, 15) is 9.82 Å². The van der Waals surface area contributed by atoms with Gasteiger partial charge in [0, 0.05) is 5.56 Å². The van der Waals surface area contributed by atoms with Gasteiger partial charge in [0.15, 0.2) is 5.78 Å². The van der Waals surface area contributed by atoms with Crippen LogP contribution in [0.25, 0.3) is 11.1 Å². The SMILES string of the molecule is CC(=O)c1cccc(-c2ccc3c(c2)B(O)OC3)c1. The average molecular weight is 252 g/mol. The number of hydrogen-bond acceptors (Lipinski definition) is 3. The summed E-state index contributed by atoms with van der Waals surface area (Å²) in [4.78, 5) is 11.4. The third-order valence-electron chi connectivity index (χ3n) is 3.41. The second-order valence-corrected chi connectivity index (χ2v) is 4.71. The first-order valence-electron chi connectivity index (χ1n) is 6.19. The standard InChI is InChI=1S/C15H13BO3/c1-10(17)11-3-2-4-12(7-11)13-5-6-14-9-19-16(18)15(14)8-13/h2-8,18H,9H2,1H3. The summed E-state index contributed by atoms with van der Waals surface area (Å²) in [5.41, 5.74) is 4.46. The van der Waals surface area contributed by atoms with Crippen LogP contribution in [0.4, 0.5) is 0 Å². The van der Waals surface area contributed by atoms with Crippen molar-refractivity contribution in [1.29, 1.82) is 0 Å². The van der Waals surface area contributed by atoms with E-state index in [0.717, 1.165) is 22.2 Å². The molecule has 1 aliphatic heterocycles. The monoisotopic (exact) mass is 252 g/mol. The molecule has 3 rings (SSSR count). The lowest BCUT2D eigenvalue weighted by molar-refractivity contribution is 0.101. The maximum Gasteiger partial charge on any atom is 0.491 e. The third-order valence-corrected chi connectivity index (χ3v) is 3.41. The Bertz CT molecular complexity index is 652. The van der Waals surface area contributed by atoms with E-state index in [4.69, 9.17) is 4.65 Å². The van der Waals surface area contributed by atoms with Gasteiger partial charge in [-0.1, -0.05) is 36.4 Å². The molecule has 1 aliphatic rings. The molecule has 0 amide bonds. The second-order valence-electron chi connectivity index (χ2n) is 4.71. The topological polar surface area (TPSA) is 46.5 Å². The molecule has 0 atom stereocenters. The summed E-state index contributed by atoms with van der Waals surface area (Å²) in [6, 6.07) is 13.4. The molecule has 3 nitrogen and oxygen atoms in total. The Hall–Kier alpha value is -1.91. The van der Waals surface area contributed by atoms with Gasteiger partial charge in [0.2, 0.25) is 0 Å². The minimum Gasteiger partial charge on any atom is -0.423 e. The first kappa shape index (κ1) is 12.1. The lowest BCUT2D eigenvalue weighted by Gasteiger charge is -2.06. The van der Waals surface area contributed by atoms with E-state index in [-0.39, 0.29) is 5.78 Å². The first-order valence-corrected chi connectivity index (χ1v) is 6.19. The molecule has 0 bridgehead atoms. The first-order chi connectivity index (χ1) is 9.15. The highest BCUT2D eigenvalue weighted by Crippen LogP contribution is 2.22. The summed E-state index contributed by atoms with van der Waals surface area (Å²) < 4.78 is 5.18. The molecule has 1 N–H and O–H groups in total. The van der Waals surface area contributed by atoms with Crippen molar-refractivity contribution in [3.8, 4) is 11.1 Å². The number of Topliss-reactive ketones (excluding diaryl/α,β-unsaturated/α-hetero) is 1. The van der Waals surface area contributed by atoms with Gasteiger partial charge in [-0.2, -0.15) is 0 Å². The predicted molar refractivity (Wildman–Crippen MR) is 74.3 cm³/mol. The molecule has 0 aromatic heterocycles. The van der Waals surface area contributed by atoms with E-state index in [2.05, 4.69) is 0 Å². The molecule has 1 heterocycles. The third kappa shape index (κ3) is 2.20. The van der Waals surface area contributed by atoms with Gasteiger partial charge in [0.1, 0.15) is 0 Å². The van der Waals surface area contributed by atoms with Crippen LogP contribution in [0.3, 0.4) is 0 Å². The molecule has 0 unspecified atom stereocenters. The van der Waals surface area contributed by atoms with Gasteiger partial charge in [-0.05, 0) is 35.1 Å². The van der Waals surface area contributed by atoms with Crippen LogP contribution in [-0.2, 0) is 11.3 Å². The lowest BCUT2D eigenvalue weighted by atomic mass is 9.78. The van der Waals surface area contributed by atoms with Crippen LogP contribution < -0.4 is 5.46 Å². The largest absolute Gasteiger partial charge is 0.491 e. The molecule has 0 saturated carbocycles. The normalized spacial score (nSPS) is 13.5. The Morgan fingerprint density at radius 1 is 1.21 bits per heavy atom. The summed E-state index contributed by atoms with van der Waals surface area (Å²) in [5.74, 6) is 0.0476. The highest BCUT2D eigenvalue weighted by molar-refractivity contribution is 6.61. The van der Waals surface area contributed by atoms with Gasteiger partial charge in [0.05, 0.1) is 6.61 Å². The van der Waals surface area contributed by atoms with Gasteiger partial charge in [-0.25, -0.2) is 0 Å². The molecule has 0 spiro atoms. The van der Waals surface area contributed by atoms with Crippen LogP contribution in [0.1, 0.15) is 22.8 Å². The maximum absolute atomic E-state index is 11.4. The maximum atomic E-state index is 11.4. The van der Waals surface area contributed by atoms with Crippen molar-refractivity contribution in [2.45, 2.75) is 13.5 Å². The molecule has 2 aromatic rings. The van der Waals surface area contributed by atoms with Crippen molar-refractivity contribution in [3.05, 3.63) is 53.6 Å². The highest BCUT2D eigenvalue weighted by atomic mass is 16.5. The Kier molecular flexibility index (Phi) is 2.97. The predicted octanol–water partition coefficient (Wildman–Crippen LogP) is 1.77. The van der Waals surface area contributed by atoms with Crippen LogP contribution in [-0.4, -0.2) is 17.9 Å². The van der Waals surface area contributed by atoms with Crippen LogP contribution in [0.5, 0.6) is 0 Å². The summed E-state index contributed by atoms with van der Waals surface area (Å²) in [7, 11) is -0.842. The fraction of sp³-hybridized carbons (Fsp3) is 0.133. The molecule has 4 heteroatoms. The lowest BCUT2D eigenvalue weighted by Crippen LogP contribution is -2.27. The van der Waals surface area contributed by atoms with Crippen molar-refractivity contribution < 1.29 is 14.5 Å². The fourth-order valence-electron chi connectivity index (χ4n) is 2.31. The van der Waals surface area contributed by atoms with Crippen molar-refractivity contribution in [3.63, 3.8) is 0 Å². The van der Waals surface area contributed by atoms with Gasteiger partial charge >= 0.3 is 7.12 Å². The highest BCUT2D eigenvalue weighted by Gasteiger charge is 2.27. The van der Waals surface area contributed by atoms with Gasteiger partial charge in [-0.3, -0.25) is 4.79 Å². The van der Waals surface area contributed by atoms with Crippen LogP contribution in [0.15, 0.2) is 42.5 Å². The summed E-state index contributed by atoms with van der Waals surface area (Å²) >= 11 is 0. The second kappa shape index (κ2) is 4.65. The van der Waals surface area contributed by atoms with Crippen LogP contribution in [0, 0.1) is 0 Å². The molecular formula is C15H13BO3. The fourth-order valence-corrected chi connectivity index (χ4v) is 2.31. The Morgan fingerprint density at radius 2 is 2.00 bits per heavy atom. The molecule has 0 saturated heterocycles. The quantitative estimate of drug-likeness (QED) is 0.654. The Labute approximate surface area is 112 Å². The number of hydrogen-bond donors (Lipinski definition) is 1. The minimum absolute atomic E-state index is 0.0476. The summed E-state index contributed by atoms with van der Waals surface area (Å²) in [6.07, 6.45) is 0. The minimum atomic E-state index is -0.842. The average Bonchev–Trinajstić information content (AvgIpc) is 2.80. The summed E-state index contributed by atoms with van der Waals surface area (Å²) in [6.45, 7) is 2.00. The van der Waals surface area contributed by atoms with Gasteiger partial charge < -0.3 is 9.68 Å². The zero-order chi connectivity index (χ0) is 13.4. The zero-order valence-corrected chi connectivity index (χ0v) is 10.6. The molecule has 0 fully saturated rings. The smallest absolute Gasteiger partial charge is 0.423 e. The van der Waals surface area contributed by atoms with Crippen molar-refractivity contribution in [2.75, 3.05) is 0 Å². The van der Waals surface area contributed by atoms with E-state index in [1.165, 1.54) is 0 Å². The molecule has 19 heavy (non-hydrogen) atoms. The van der Waals surface area contributed by atoms with Gasteiger partial charge in [-0.15, -0.1) is 0 Å².